The Morgan fingerprint density at radius 3 is 2.00 bits per heavy atom. The smallest absolute Gasteiger partial charge is 0.251 e. The quantitative estimate of drug-likeness (QED) is 0.305. The number of aliphatic hydroxyl groups excluding tert-OH is 1. The van der Waals surface area contributed by atoms with Crippen molar-refractivity contribution in [2.24, 2.45) is 0 Å². The third kappa shape index (κ3) is 7.74. The van der Waals surface area contributed by atoms with Gasteiger partial charge in [0.1, 0.15) is 0 Å². The fraction of sp³-hybridized carbons (Fsp3) is 0.867. The number of carbonyl (C=O) groups is 2. The van der Waals surface area contributed by atoms with Crippen molar-refractivity contribution in [2.45, 2.75) is 58.3 Å². The molecule has 0 rings (SSSR count). The molecule has 0 aromatic heterocycles. The summed E-state index contributed by atoms with van der Waals surface area (Å²) >= 11 is 0. The summed E-state index contributed by atoms with van der Waals surface area (Å²) in [6, 6.07) is -1.01. The van der Waals surface area contributed by atoms with Crippen LogP contribution in [-0.4, -0.2) is 73.3 Å². The van der Waals surface area contributed by atoms with Gasteiger partial charge in [-0.2, -0.15) is 0 Å². The first-order valence-electron chi connectivity index (χ1n) is 8.18. The summed E-state index contributed by atoms with van der Waals surface area (Å²) in [5.41, 5.74) is 2.76. The molecule has 136 valence electrons. The van der Waals surface area contributed by atoms with E-state index in [-0.39, 0.29) is 36.5 Å². The van der Waals surface area contributed by atoms with Gasteiger partial charge in [0.2, 0.25) is 5.91 Å². The second-order valence-electron chi connectivity index (χ2n) is 5.63. The molecule has 2 amide bonds. The Morgan fingerprint density at radius 1 is 1.04 bits per heavy atom. The number of nitrogens with one attached hydrogen (secondary N) is 4. The average molecular weight is 331 g/mol. The van der Waals surface area contributed by atoms with Crippen LogP contribution >= 0.6 is 0 Å². The van der Waals surface area contributed by atoms with Gasteiger partial charge in [0.15, 0.2) is 0 Å². The van der Waals surface area contributed by atoms with E-state index in [1.54, 1.807) is 33.0 Å². The van der Waals surface area contributed by atoms with Crippen LogP contribution in [-0.2, 0) is 9.59 Å². The summed E-state index contributed by atoms with van der Waals surface area (Å²) in [6.07, 6.45) is -0.181. The highest BCUT2D eigenvalue weighted by atomic mass is 16.3. The first-order chi connectivity index (χ1) is 10.8. The minimum absolute atomic E-state index is 0.158. The molecule has 0 aliphatic carbocycles. The van der Waals surface area contributed by atoms with Crippen LogP contribution in [0.1, 0.15) is 34.1 Å². The number of hydrazine groups is 1. The number of hydrogen-bond acceptors (Lipinski definition) is 6. The van der Waals surface area contributed by atoms with Gasteiger partial charge < -0.3 is 21.1 Å². The maximum absolute atomic E-state index is 11.9. The molecule has 1 unspecified atom stereocenters. The summed E-state index contributed by atoms with van der Waals surface area (Å²) in [5, 5.41) is 20.6. The predicted molar refractivity (Wildman–Crippen MR) is 90.7 cm³/mol. The van der Waals surface area contributed by atoms with Crippen molar-refractivity contribution in [1.29, 1.82) is 0 Å². The maximum atomic E-state index is 11.9. The van der Waals surface area contributed by atoms with E-state index < -0.39 is 6.10 Å². The molecule has 0 aromatic carbocycles. The third-order valence-corrected chi connectivity index (χ3v) is 3.94. The Labute approximate surface area is 139 Å². The SMILES string of the molecule is CCC(NC(=O)[C@H](C)NC)[C@@H](O)CN(CC)NC(=O)[C@H](C)NC. The van der Waals surface area contributed by atoms with E-state index in [1.807, 2.05) is 13.8 Å². The molecule has 0 fully saturated rings. The lowest BCUT2D eigenvalue weighted by molar-refractivity contribution is -0.129. The summed E-state index contributed by atoms with van der Waals surface area (Å²) in [7, 11) is 3.42. The van der Waals surface area contributed by atoms with Crippen LogP contribution in [0.2, 0.25) is 0 Å². The molecule has 0 saturated heterocycles. The second-order valence-corrected chi connectivity index (χ2v) is 5.63. The normalized spacial score (nSPS) is 16.5. The minimum atomic E-state index is -0.779. The van der Waals surface area contributed by atoms with Crippen LogP contribution in [0.3, 0.4) is 0 Å². The van der Waals surface area contributed by atoms with E-state index >= 15 is 0 Å². The fourth-order valence-corrected chi connectivity index (χ4v) is 1.90. The Balaban J connectivity index is 4.61. The Hall–Kier alpha value is -1.22. The third-order valence-electron chi connectivity index (χ3n) is 3.94. The summed E-state index contributed by atoms with van der Waals surface area (Å²) in [4.78, 5) is 23.8. The number of hydrogen-bond donors (Lipinski definition) is 5. The zero-order valence-electron chi connectivity index (χ0n) is 15.1. The lowest BCUT2D eigenvalue weighted by Gasteiger charge is -2.30. The first-order valence-corrected chi connectivity index (χ1v) is 8.18. The molecule has 5 N–H and O–H groups in total. The highest BCUT2D eigenvalue weighted by molar-refractivity contribution is 5.81. The van der Waals surface area contributed by atoms with Crippen LogP contribution in [0, 0.1) is 0 Å². The topological polar surface area (TPSA) is 106 Å². The van der Waals surface area contributed by atoms with Gasteiger partial charge in [-0.1, -0.05) is 13.8 Å². The number of carbonyl (C=O) groups excluding carboxylic acids is 2. The molecule has 0 radical (unpaired) electrons. The van der Waals surface area contributed by atoms with Crippen LogP contribution in [0.5, 0.6) is 0 Å². The molecule has 23 heavy (non-hydrogen) atoms. The van der Waals surface area contributed by atoms with Gasteiger partial charge in [0, 0.05) is 13.1 Å². The second kappa shape index (κ2) is 11.3. The van der Waals surface area contributed by atoms with Crippen molar-refractivity contribution in [3.05, 3.63) is 0 Å². The van der Waals surface area contributed by atoms with Gasteiger partial charge >= 0.3 is 0 Å². The molecule has 0 aliphatic heterocycles. The molecular formula is C15H33N5O3. The molecule has 4 atom stereocenters. The summed E-state index contributed by atoms with van der Waals surface area (Å²) in [6.45, 7) is 8.09. The van der Waals surface area contributed by atoms with Crippen molar-refractivity contribution in [2.75, 3.05) is 27.2 Å². The monoisotopic (exact) mass is 331 g/mol. The van der Waals surface area contributed by atoms with Gasteiger partial charge in [0.05, 0.1) is 24.2 Å². The molecule has 0 spiro atoms. The number of aliphatic hydroxyl groups is 1. The molecule has 0 aliphatic rings. The largest absolute Gasteiger partial charge is 0.390 e. The van der Waals surface area contributed by atoms with Gasteiger partial charge in [-0.3, -0.25) is 15.0 Å². The lowest BCUT2D eigenvalue weighted by Crippen LogP contribution is -2.56. The van der Waals surface area contributed by atoms with Gasteiger partial charge in [-0.05, 0) is 34.4 Å². The van der Waals surface area contributed by atoms with Crippen molar-refractivity contribution < 1.29 is 14.7 Å². The maximum Gasteiger partial charge on any atom is 0.251 e. The van der Waals surface area contributed by atoms with E-state index in [2.05, 4.69) is 21.4 Å². The summed E-state index contributed by atoms with van der Waals surface area (Å²) in [5.74, 6) is -0.322. The average Bonchev–Trinajstić information content (AvgIpc) is 2.56. The lowest BCUT2D eigenvalue weighted by atomic mass is 10.1. The number of nitrogens with zero attached hydrogens (tertiary/aromatic N) is 1. The molecule has 0 heterocycles. The highest BCUT2D eigenvalue weighted by Gasteiger charge is 2.24. The molecule has 0 saturated carbocycles. The van der Waals surface area contributed by atoms with E-state index in [4.69, 9.17) is 0 Å². The molecule has 0 aromatic rings. The van der Waals surface area contributed by atoms with Crippen LogP contribution < -0.4 is 21.4 Å². The van der Waals surface area contributed by atoms with Crippen molar-refractivity contribution in [1.82, 2.24) is 26.4 Å². The standard InChI is InChI=1S/C15H33N5O3/c1-7-12(18-14(22)10(3)16-5)13(21)9-20(8-2)19-15(23)11(4)17-6/h10-13,16-17,21H,7-9H2,1-6H3,(H,18,22)(H,19,23)/t10-,11-,12?,13-/m0/s1. The fourth-order valence-electron chi connectivity index (χ4n) is 1.90. The van der Waals surface area contributed by atoms with Crippen molar-refractivity contribution >= 4 is 11.8 Å². The highest BCUT2D eigenvalue weighted by Crippen LogP contribution is 2.02. The first kappa shape index (κ1) is 21.8. The Morgan fingerprint density at radius 2 is 1.57 bits per heavy atom. The Kier molecular flexibility index (Phi) is 10.7. The van der Waals surface area contributed by atoms with Crippen LogP contribution in [0.15, 0.2) is 0 Å². The van der Waals surface area contributed by atoms with Crippen molar-refractivity contribution in [3.63, 3.8) is 0 Å². The zero-order valence-corrected chi connectivity index (χ0v) is 15.1. The summed E-state index contributed by atoms with van der Waals surface area (Å²) < 4.78 is 0. The van der Waals surface area contributed by atoms with Gasteiger partial charge in [-0.25, -0.2) is 5.01 Å². The Bertz CT molecular complexity index is 367. The molecule has 8 nitrogen and oxygen atoms in total. The minimum Gasteiger partial charge on any atom is -0.390 e. The number of likely N-dealkylation sites (N-methyl/N-ethyl adjacent to an activating group) is 3. The van der Waals surface area contributed by atoms with Crippen molar-refractivity contribution in [3.8, 4) is 0 Å². The van der Waals surface area contributed by atoms with Crippen LogP contribution in [0.25, 0.3) is 0 Å². The van der Waals surface area contributed by atoms with E-state index in [0.717, 1.165) is 0 Å². The van der Waals surface area contributed by atoms with E-state index in [9.17, 15) is 14.7 Å². The van der Waals surface area contributed by atoms with Crippen LogP contribution in [0.4, 0.5) is 0 Å². The van der Waals surface area contributed by atoms with Gasteiger partial charge in [0.25, 0.3) is 5.91 Å². The number of amides is 2. The van der Waals surface area contributed by atoms with Gasteiger partial charge in [-0.15, -0.1) is 0 Å². The molecular weight excluding hydrogens is 298 g/mol. The zero-order chi connectivity index (χ0) is 18.0. The van der Waals surface area contributed by atoms with E-state index in [1.165, 1.54) is 0 Å². The predicted octanol–water partition coefficient (Wildman–Crippen LogP) is -1.19. The number of rotatable bonds is 11. The molecule has 8 heteroatoms. The molecule has 0 bridgehead atoms. The van der Waals surface area contributed by atoms with E-state index in [0.29, 0.717) is 13.0 Å².